The molecule has 0 saturated carbocycles. The van der Waals surface area contributed by atoms with E-state index in [1.165, 1.54) is 57.5 Å². The van der Waals surface area contributed by atoms with E-state index in [1.54, 1.807) is 42.5 Å². The maximum Gasteiger partial charge on any atom is 0.264 e. The van der Waals surface area contributed by atoms with Crippen LogP contribution in [0.4, 0.5) is 5.69 Å². The Morgan fingerprint density at radius 3 is 1.97 bits per heavy atom. The van der Waals surface area contributed by atoms with E-state index in [-0.39, 0.29) is 34.2 Å². The van der Waals surface area contributed by atoms with Crippen molar-refractivity contribution < 1.29 is 26.4 Å². The van der Waals surface area contributed by atoms with E-state index in [4.69, 9.17) is 4.74 Å². The zero-order valence-corrected chi connectivity index (χ0v) is 21.2. The summed E-state index contributed by atoms with van der Waals surface area (Å²) in [5.41, 5.74) is 0.445. The van der Waals surface area contributed by atoms with Gasteiger partial charge in [-0.1, -0.05) is 30.3 Å². The zero-order valence-electron chi connectivity index (χ0n) is 19.6. The molecule has 35 heavy (non-hydrogen) atoms. The average Bonchev–Trinajstić information content (AvgIpc) is 2.86. The molecule has 1 N–H and O–H groups in total. The number of sulfonamides is 2. The topological polar surface area (TPSA) is 113 Å². The molecule has 3 aromatic carbocycles. The molecule has 3 rings (SSSR count). The van der Waals surface area contributed by atoms with Crippen molar-refractivity contribution in [3.8, 4) is 5.75 Å². The summed E-state index contributed by atoms with van der Waals surface area (Å²) in [6, 6.07) is 20.4. The van der Waals surface area contributed by atoms with E-state index in [1.807, 2.05) is 0 Å². The SMILES string of the molecule is CN(C)S(=O)(=O)c1ccc(OCCNC(=O)c2ccccc2N(C)S(=O)(=O)c2ccccc2)cc1. The number of hydrogen-bond acceptors (Lipinski definition) is 6. The third-order valence-corrected chi connectivity index (χ3v) is 8.76. The molecule has 0 aliphatic heterocycles. The lowest BCUT2D eigenvalue weighted by atomic mass is 10.1. The monoisotopic (exact) mass is 517 g/mol. The summed E-state index contributed by atoms with van der Waals surface area (Å²) < 4.78 is 58.0. The Kier molecular flexibility index (Phi) is 8.15. The van der Waals surface area contributed by atoms with Crippen molar-refractivity contribution in [3.05, 3.63) is 84.4 Å². The van der Waals surface area contributed by atoms with Crippen molar-refractivity contribution in [2.75, 3.05) is 38.6 Å². The maximum atomic E-state index is 13.0. The Hall–Kier alpha value is -3.41. The van der Waals surface area contributed by atoms with E-state index in [0.29, 0.717) is 5.75 Å². The van der Waals surface area contributed by atoms with Gasteiger partial charge in [-0.2, -0.15) is 0 Å². The van der Waals surface area contributed by atoms with Crippen LogP contribution in [0.3, 0.4) is 0 Å². The molecule has 186 valence electrons. The van der Waals surface area contributed by atoms with Crippen molar-refractivity contribution in [1.29, 1.82) is 0 Å². The minimum atomic E-state index is -3.85. The molecule has 9 nitrogen and oxygen atoms in total. The molecule has 0 atom stereocenters. The van der Waals surface area contributed by atoms with Gasteiger partial charge in [0.25, 0.3) is 15.9 Å². The number of nitrogens with one attached hydrogen (secondary N) is 1. The molecule has 0 aliphatic rings. The highest BCUT2D eigenvalue weighted by Gasteiger charge is 2.24. The van der Waals surface area contributed by atoms with Crippen LogP contribution in [0, 0.1) is 0 Å². The third kappa shape index (κ3) is 5.99. The first-order valence-corrected chi connectivity index (χ1v) is 13.5. The number of ether oxygens (including phenoxy) is 1. The maximum absolute atomic E-state index is 13.0. The lowest BCUT2D eigenvalue weighted by Gasteiger charge is -2.22. The Morgan fingerprint density at radius 1 is 0.771 bits per heavy atom. The fraction of sp³-hybridized carbons (Fsp3) is 0.208. The summed E-state index contributed by atoms with van der Waals surface area (Å²) in [5.74, 6) is -0.00206. The van der Waals surface area contributed by atoms with Crippen LogP contribution in [-0.4, -0.2) is 61.3 Å². The number of benzene rings is 3. The van der Waals surface area contributed by atoms with E-state index < -0.39 is 26.0 Å². The summed E-state index contributed by atoms with van der Waals surface area (Å²) in [6.07, 6.45) is 0. The normalized spacial score (nSPS) is 11.8. The number of hydrogen-bond donors (Lipinski definition) is 1. The number of nitrogens with zero attached hydrogens (tertiary/aromatic N) is 2. The molecular formula is C24H27N3O6S2. The highest BCUT2D eigenvalue weighted by atomic mass is 32.2. The highest BCUT2D eigenvalue weighted by Crippen LogP contribution is 2.25. The van der Waals surface area contributed by atoms with Crippen LogP contribution in [-0.2, 0) is 20.0 Å². The molecule has 0 heterocycles. The summed E-state index contributed by atoms with van der Waals surface area (Å²) in [4.78, 5) is 13.1. The van der Waals surface area contributed by atoms with E-state index in [2.05, 4.69) is 5.32 Å². The second-order valence-corrected chi connectivity index (χ2v) is 11.8. The summed E-state index contributed by atoms with van der Waals surface area (Å²) in [5, 5.41) is 2.72. The number of rotatable bonds is 10. The van der Waals surface area contributed by atoms with Crippen LogP contribution in [0.25, 0.3) is 0 Å². The van der Waals surface area contributed by atoms with Gasteiger partial charge in [0.15, 0.2) is 0 Å². The van der Waals surface area contributed by atoms with Crippen LogP contribution in [0.5, 0.6) is 5.75 Å². The largest absolute Gasteiger partial charge is 0.492 e. The predicted molar refractivity (Wildman–Crippen MR) is 134 cm³/mol. The van der Waals surface area contributed by atoms with Gasteiger partial charge in [-0.05, 0) is 48.5 Å². The summed E-state index contributed by atoms with van der Waals surface area (Å²) >= 11 is 0. The Bertz CT molecular complexity index is 1370. The molecule has 0 aromatic heterocycles. The van der Waals surface area contributed by atoms with Gasteiger partial charge in [-0.25, -0.2) is 21.1 Å². The van der Waals surface area contributed by atoms with Crippen LogP contribution in [0.1, 0.15) is 10.4 Å². The molecule has 0 unspecified atom stereocenters. The number of carbonyl (C=O) groups excluding carboxylic acids is 1. The second kappa shape index (κ2) is 10.9. The molecule has 1 amide bonds. The Labute approximate surface area is 206 Å². The van der Waals surface area contributed by atoms with Crippen molar-refractivity contribution in [2.24, 2.45) is 0 Å². The summed E-state index contributed by atoms with van der Waals surface area (Å²) in [6.45, 7) is 0.284. The first kappa shape index (κ1) is 26.2. The fourth-order valence-corrected chi connectivity index (χ4v) is 5.30. The molecule has 0 aliphatic carbocycles. The number of amides is 1. The molecule has 3 aromatic rings. The minimum absolute atomic E-state index is 0.121. The summed E-state index contributed by atoms with van der Waals surface area (Å²) in [7, 11) is -3.06. The lowest BCUT2D eigenvalue weighted by molar-refractivity contribution is 0.0947. The molecule has 0 spiro atoms. The number of anilines is 1. The predicted octanol–water partition coefficient (Wildman–Crippen LogP) is 2.57. The molecular weight excluding hydrogens is 490 g/mol. The van der Waals surface area contributed by atoms with E-state index in [9.17, 15) is 21.6 Å². The van der Waals surface area contributed by atoms with Crippen molar-refractivity contribution in [2.45, 2.75) is 9.79 Å². The molecule has 0 radical (unpaired) electrons. The standard InChI is InChI=1S/C24H27N3O6S2/c1-26(2)34(29,30)21-15-13-19(14-16-21)33-18-17-25-24(28)22-11-7-8-12-23(22)27(3)35(31,32)20-9-5-4-6-10-20/h4-16H,17-18H2,1-3H3,(H,25,28). The van der Waals surface area contributed by atoms with Crippen LogP contribution < -0.4 is 14.4 Å². The number of carbonyl (C=O) groups is 1. The van der Waals surface area contributed by atoms with Gasteiger partial charge in [0.1, 0.15) is 12.4 Å². The third-order valence-electron chi connectivity index (χ3n) is 5.15. The van der Waals surface area contributed by atoms with Gasteiger partial charge in [0.2, 0.25) is 10.0 Å². The molecule has 0 bridgehead atoms. The van der Waals surface area contributed by atoms with Crippen LogP contribution >= 0.6 is 0 Å². The average molecular weight is 518 g/mol. The zero-order chi connectivity index (χ0) is 25.6. The van der Waals surface area contributed by atoms with Crippen LogP contribution in [0.2, 0.25) is 0 Å². The first-order valence-electron chi connectivity index (χ1n) is 10.6. The van der Waals surface area contributed by atoms with E-state index in [0.717, 1.165) is 8.61 Å². The smallest absolute Gasteiger partial charge is 0.264 e. The van der Waals surface area contributed by atoms with Crippen molar-refractivity contribution in [1.82, 2.24) is 9.62 Å². The van der Waals surface area contributed by atoms with Gasteiger partial charge in [0.05, 0.1) is 27.6 Å². The quantitative estimate of drug-likeness (QED) is 0.414. The molecule has 0 saturated heterocycles. The van der Waals surface area contributed by atoms with Crippen molar-refractivity contribution >= 4 is 31.6 Å². The van der Waals surface area contributed by atoms with Gasteiger partial charge in [0, 0.05) is 21.1 Å². The van der Waals surface area contributed by atoms with Gasteiger partial charge in [-0.3, -0.25) is 9.10 Å². The molecule has 11 heteroatoms. The number of para-hydroxylation sites is 1. The fourth-order valence-electron chi connectivity index (χ4n) is 3.17. The van der Waals surface area contributed by atoms with Gasteiger partial charge >= 0.3 is 0 Å². The Morgan fingerprint density at radius 2 is 1.34 bits per heavy atom. The Balaban J connectivity index is 1.63. The molecule has 0 fully saturated rings. The van der Waals surface area contributed by atoms with Crippen LogP contribution in [0.15, 0.2) is 88.7 Å². The van der Waals surface area contributed by atoms with E-state index >= 15 is 0 Å². The minimum Gasteiger partial charge on any atom is -0.492 e. The lowest BCUT2D eigenvalue weighted by Crippen LogP contribution is -2.32. The van der Waals surface area contributed by atoms with Crippen molar-refractivity contribution in [3.63, 3.8) is 0 Å². The highest BCUT2D eigenvalue weighted by molar-refractivity contribution is 7.92. The second-order valence-electron chi connectivity index (χ2n) is 7.67. The first-order chi connectivity index (χ1) is 16.5. The van der Waals surface area contributed by atoms with Gasteiger partial charge in [-0.15, -0.1) is 0 Å². The van der Waals surface area contributed by atoms with Gasteiger partial charge < -0.3 is 10.1 Å².